The Labute approximate surface area is 64.2 Å². The van der Waals surface area contributed by atoms with Crippen LogP contribution in [0.4, 0.5) is 0 Å². The Morgan fingerprint density at radius 1 is 1.91 bits per heavy atom. The fraction of sp³-hybridized carbons (Fsp3) is 0.286. The molecule has 1 heterocycles. The molecule has 0 saturated carbocycles. The third kappa shape index (κ3) is 1.80. The number of hydrogen-bond acceptors (Lipinski definition) is 4. The Morgan fingerprint density at radius 2 is 2.64 bits per heavy atom. The highest BCUT2D eigenvalue weighted by molar-refractivity contribution is 5.86. The van der Waals surface area contributed by atoms with Crippen LogP contribution in [0.1, 0.15) is 23.3 Å². The highest BCUT2D eigenvalue weighted by Gasteiger charge is 2.10. The molecule has 0 spiro atoms. The standard InChI is InChI=1S/C7H8NO3/c1-3-10-7(9)6-4-11-5(2)8-6/h4H,2-3H2,1H3. The summed E-state index contributed by atoms with van der Waals surface area (Å²) in [5.41, 5.74) is 0.164. The molecule has 1 radical (unpaired) electrons. The van der Waals surface area contributed by atoms with Crippen LogP contribution in [0.3, 0.4) is 0 Å². The molecule has 1 aromatic rings. The number of ether oxygens (including phenoxy) is 1. The van der Waals surface area contributed by atoms with E-state index < -0.39 is 5.97 Å². The lowest BCUT2D eigenvalue weighted by Gasteiger charge is -1.94. The number of aromatic nitrogens is 1. The quantitative estimate of drug-likeness (QED) is 0.597. The van der Waals surface area contributed by atoms with Gasteiger partial charge in [0.05, 0.1) is 6.61 Å². The van der Waals surface area contributed by atoms with Crippen LogP contribution in [0.15, 0.2) is 10.7 Å². The third-order valence-corrected chi connectivity index (χ3v) is 1.04. The summed E-state index contributed by atoms with van der Waals surface area (Å²) in [6.45, 7) is 5.45. The molecule has 4 heteroatoms. The molecule has 0 aliphatic rings. The van der Waals surface area contributed by atoms with Crippen molar-refractivity contribution in [2.24, 2.45) is 0 Å². The topological polar surface area (TPSA) is 52.3 Å². The molecule has 11 heavy (non-hydrogen) atoms. The third-order valence-electron chi connectivity index (χ3n) is 1.04. The number of carbonyl (C=O) groups is 1. The van der Waals surface area contributed by atoms with Gasteiger partial charge in [0.15, 0.2) is 11.6 Å². The summed E-state index contributed by atoms with van der Waals surface area (Å²) in [5, 5.41) is 0. The minimum absolute atomic E-state index is 0.164. The molecule has 0 bridgehead atoms. The molecule has 0 aliphatic heterocycles. The van der Waals surface area contributed by atoms with Gasteiger partial charge in [-0.1, -0.05) is 0 Å². The predicted molar refractivity (Wildman–Crippen MR) is 36.9 cm³/mol. The molecule has 0 atom stereocenters. The summed E-state index contributed by atoms with van der Waals surface area (Å²) in [4.78, 5) is 14.6. The predicted octanol–water partition coefficient (Wildman–Crippen LogP) is 1.03. The van der Waals surface area contributed by atoms with Crippen molar-refractivity contribution >= 4 is 5.97 Å². The van der Waals surface area contributed by atoms with Crippen molar-refractivity contribution in [2.45, 2.75) is 6.92 Å². The van der Waals surface area contributed by atoms with E-state index in [0.717, 1.165) is 0 Å². The first-order chi connectivity index (χ1) is 5.24. The van der Waals surface area contributed by atoms with Gasteiger partial charge in [-0.15, -0.1) is 0 Å². The van der Waals surface area contributed by atoms with E-state index in [2.05, 4.69) is 16.6 Å². The summed E-state index contributed by atoms with van der Waals surface area (Å²) in [6.07, 6.45) is 1.22. The highest BCUT2D eigenvalue weighted by atomic mass is 16.5. The number of carbonyl (C=O) groups excluding carboxylic acids is 1. The lowest BCUT2D eigenvalue weighted by atomic mass is 10.5. The van der Waals surface area contributed by atoms with Gasteiger partial charge in [-0.25, -0.2) is 9.78 Å². The van der Waals surface area contributed by atoms with Crippen LogP contribution >= 0.6 is 0 Å². The van der Waals surface area contributed by atoms with E-state index in [4.69, 9.17) is 4.42 Å². The Morgan fingerprint density at radius 3 is 3.09 bits per heavy atom. The summed E-state index contributed by atoms with van der Waals surface area (Å²) < 4.78 is 9.36. The van der Waals surface area contributed by atoms with Crippen LogP contribution < -0.4 is 0 Å². The molecule has 0 amide bonds. The van der Waals surface area contributed by atoms with Crippen molar-refractivity contribution in [3.05, 3.63) is 24.8 Å². The lowest BCUT2D eigenvalue weighted by molar-refractivity contribution is 0.0519. The number of nitrogens with zero attached hydrogens (tertiary/aromatic N) is 1. The van der Waals surface area contributed by atoms with Gasteiger partial charge in [0, 0.05) is 6.92 Å². The SMILES string of the molecule is [CH2]c1nc(C(=O)OCC)co1. The second kappa shape index (κ2) is 3.18. The molecule has 1 aromatic heterocycles. The van der Waals surface area contributed by atoms with Gasteiger partial charge < -0.3 is 9.15 Å². The van der Waals surface area contributed by atoms with Gasteiger partial charge in [0.1, 0.15) is 6.26 Å². The van der Waals surface area contributed by atoms with Gasteiger partial charge in [0.25, 0.3) is 0 Å². The van der Waals surface area contributed by atoms with Crippen LogP contribution in [-0.4, -0.2) is 17.6 Å². The molecule has 0 saturated heterocycles. The normalized spacial score (nSPS) is 9.64. The maximum Gasteiger partial charge on any atom is 0.360 e. The Bertz CT molecular complexity index is 254. The maximum atomic E-state index is 10.9. The van der Waals surface area contributed by atoms with E-state index in [-0.39, 0.29) is 11.6 Å². The zero-order valence-corrected chi connectivity index (χ0v) is 6.16. The smallest absolute Gasteiger partial charge is 0.360 e. The van der Waals surface area contributed by atoms with Crippen molar-refractivity contribution in [3.8, 4) is 0 Å². The molecule has 0 N–H and O–H groups in total. The summed E-state index contributed by atoms with van der Waals surface area (Å²) >= 11 is 0. The fourth-order valence-corrected chi connectivity index (χ4v) is 0.610. The summed E-state index contributed by atoms with van der Waals surface area (Å²) in [7, 11) is 0. The van der Waals surface area contributed by atoms with Crippen LogP contribution in [0.5, 0.6) is 0 Å². The zero-order chi connectivity index (χ0) is 8.27. The molecule has 0 unspecified atom stereocenters. The van der Waals surface area contributed by atoms with Crippen molar-refractivity contribution in [1.82, 2.24) is 4.98 Å². The molecule has 4 nitrogen and oxygen atoms in total. The van der Waals surface area contributed by atoms with Crippen molar-refractivity contribution in [1.29, 1.82) is 0 Å². The fourth-order valence-electron chi connectivity index (χ4n) is 0.610. The van der Waals surface area contributed by atoms with E-state index >= 15 is 0 Å². The van der Waals surface area contributed by atoms with Crippen LogP contribution in [0, 0.1) is 6.92 Å². The lowest BCUT2D eigenvalue weighted by Crippen LogP contribution is -2.04. The van der Waals surface area contributed by atoms with Gasteiger partial charge >= 0.3 is 5.97 Å². The molecular weight excluding hydrogens is 146 g/mol. The van der Waals surface area contributed by atoms with Crippen molar-refractivity contribution in [2.75, 3.05) is 6.61 Å². The van der Waals surface area contributed by atoms with Gasteiger partial charge in [-0.2, -0.15) is 0 Å². The highest BCUT2D eigenvalue weighted by Crippen LogP contribution is 2.01. The monoisotopic (exact) mass is 154 g/mol. The second-order valence-electron chi connectivity index (χ2n) is 1.85. The molecule has 0 aromatic carbocycles. The average Bonchev–Trinajstić information content (AvgIpc) is 2.36. The van der Waals surface area contributed by atoms with E-state index in [1.807, 2.05) is 0 Å². The molecule has 59 valence electrons. The molecular formula is C7H8NO3. The van der Waals surface area contributed by atoms with Gasteiger partial charge in [0.2, 0.25) is 0 Å². The Kier molecular flexibility index (Phi) is 2.25. The van der Waals surface area contributed by atoms with Crippen LogP contribution in [-0.2, 0) is 4.74 Å². The molecule has 0 aliphatic carbocycles. The second-order valence-corrected chi connectivity index (χ2v) is 1.85. The van der Waals surface area contributed by atoms with Gasteiger partial charge in [-0.3, -0.25) is 0 Å². The number of esters is 1. The Hall–Kier alpha value is -1.32. The maximum absolute atomic E-state index is 10.9. The number of rotatable bonds is 2. The number of oxazole rings is 1. The number of hydrogen-bond donors (Lipinski definition) is 0. The van der Waals surface area contributed by atoms with E-state index in [0.29, 0.717) is 6.61 Å². The average molecular weight is 154 g/mol. The minimum Gasteiger partial charge on any atom is -0.461 e. The summed E-state index contributed by atoms with van der Waals surface area (Å²) in [5.74, 6) is -0.265. The van der Waals surface area contributed by atoms with Crippen molar-refractivity contribution < 1.29 is 13.9 Å². The largest absolute Gasteiger partial charge is 0.461 e. The Balaban J connectivity index is 2.69. The zero-order valence-electron chi connectivity index (χ0n) is 6.16. The van der Waals surface area contributed by atoms with Crippen molar-refractivity contribution in [3.63, 3.8) is 0 Å². The van der Waals surface area contributed by atoms with Crippen LogP contribution in [0.25, 0.3) is 0 Å². The summed E-state index contributed by atoms with van der Waals surface area (Å²) in [6, 6.07) is 0. The first kappa shape index (κ1) is 7.78. The molecule has 1 rings (SSSR count). The van der Waals surface area contributed by atoms with Crippen LogP contribution in [0.2, 0.25) is 0 Å². The van der Waals surface area contributed by atoms with E-state index in [9.17, 15) is 4.79 Å². The first-order valence-electron chi connectivity index (χ1n) is 3.18. The van der Waals surface area contributed by atoms with Gasteiger partial charge in [-0.05, 0) is 6.92 Å². The minimum atomic E-state index is -0.480. The van der Waals surface area contributed by atoms with E-state index in [1.165, 1.54) is 6.26 Å². The molecule has 0 fully saturated rings. The van der Waals surface area contributed by atoms with E-state index in [1.54, 1.807) is 6.92 Å². The first-order valence-corrected chi connectivity index (χ1v) is 3.18.